The number of benzene rings is 13. The van der Waals surface area contributed by atoms with E-state index in [0.29, 0.717) is 5.71 Å². The van der Waals surface area contributed by atoms with Gasteiger partial charge in [-0.25, -0.2) is 15.0 Å². The number of nitrogens with zero attached hydrogens (tertiary/aromatic N) is 8. The molecule has 0 fully saturated rings. The van der Waals surface area contributed by atoms with Crippen molar-refractivity contribution < 1.29 is 13.3 Å². The number of hydrogen-bond donors (Lipinski definition) is 0. The van der Waals surface area contributed by atoms with E-state index >= 15 is 0 Å². The second kappa shape index (κ2) is 32.4. The molecule has 10 aromatic heterocycles. The number of rotatable bonds is 0. The monoisotopic (exact) mass is 1570 g/mol. The Kier molecular flexibility index (Phi) is 21.1. The minimum Gasteiger partial charge on any atom is -0.438 e. The molecule has 0 spiro atoms. The van der Waals surface area contributed by atoms with Crippen LogP contribution in [0.2, 0.25) is 0 Å². The first-order valence-electron chi connectivity index (χ1n) is 41.1. The van der Waals surface area contributed by atoms with Crippen LogP contribution < -0.4 is 0 Å². The third kappa shape index (κ3) is 15.0. The van der Waals surface area contributed by atoms with Crippen LogP contribution in [0.15, 0.2) is 317 Å². The molecule has 0 atom stereocenters. The minimum absolute atomic E-state index is 0.151. The van der Waals surface area contributed by atoms with E-state index in [1.54, 1.807) is 0 Å². The van der Waals surface area contributed by atoms with Crippen LogP contribution in [0.1, 0.15) is 81.1 Å². The predicted molar refractivity (Wildman–Crippen MR) is 505 cm³/mol. The summed E-state index contributed by atoms with van der Waals surface area (Å²) in [7, 11) is 8.51. The first kappa shape index (κ1) is 78.4. The molecule has 1 aliphatic rings. The Hall–Kier alpha value is -14.2. The maximum atomic E-state index is 5.70. The standard InChI is InChI=1S/C16H16.3C14H13N.2C13H11NO.C13H11N.C12H10N2O/c1-11-8-9-13-12-6-4-5-7-14(12)16(2,3)15(13)10-11;1-10-6-5-8-12-11-7-3-4-9-13(11)15(2)14(10)12;1-10-7-8-14-12(9-10)11-5-3-4-6-13(11)15(14)2;1-10-7-8-12-11-5-3-4-6-13(11)15(2)14(12)9-10;2*1-8-3-5-10-11-6-4-9(2)14-13(11)15-12(10)7-8;1-14-12-8-4-2-6-10(12)11-7-3-5-9-13(11)14;1-7-3-4-9-10-6-13-8(2)14-12(10)15-11(9)5-7/h4-10H,1-3H3;3*3-9H,1-2H3;2*3-7H,1-2H3;2-9H,1H3;3-6H,1-2H3. The maximum absolute atomic E-state index is 5.70. The summed E-state index contributed by atoms with van der Waals surface area (Å²) >= 11 is 0. The lowest BCUT2D eigenvalue weighted by Gasteiger charge is -2.21. The second-order valence-corrected chi connectivity index (χ2v) is 32.6. The van der Waals surface area contributed by atoms with Gasteiger partial charge in [0.05, 0.1) is 10.9 Å². The molecule has 0 N–H and O–H groups in total. The average Bonchev–Trinajstić information content (AvgIpc) is 1.58. The van der Waals surface area contributed by atoms with Crippen molar-refractivity contribution in [1.29, 1.82) is 0 Å². The number of pyridine rings is 2. The van der Waals surface area contributed by atoms with E-state index < -0.39 is 0 Å². The molecule has 11 heteroatoms. The lowest BCUT2D eigenvalue weighted by Crippen LogP contribution is -2.14. The van der Waals surface area contributed by atoms with Gasteiger partial charge in [0.25, 0.3) is 0 Å². The number of aryl methyl sites for hydroxylation is 14. The lowest BCUT2D eigenvalue weighted by atomic mass is 9.82. The molecule has 23 aromatic rings. The van der Waals surface area contributed by atoms with Gasteiger partial charge in [-0.05, 0) is 210 Å². The van der Waals surface area contributed by atoms with Gasteiger partial charge in [-0.2, -0.15) is 4.98 Å². The highest BCUT2D eigenvalue weighted by atomic mass is 16.3. The molecule has 120 heavy (non-hydrogen) atoms. The van der Waals surface area contributed by atoms with E-state index in [2.05, 4.69) is 389 Å². The van der Waals surface area contributed by atoms with Crippen LogP contribution in [0, 0.1) is 69.2 Å². The first-order chi connectivity index (χ1) is 58.0. The quantitative estimate of drug-likeness (QED) is 0.149. The molecule has 11 nitrogen and oxygen atoms in total. The van der Waals surface area contributed by atoms with Crippen molar-refractivity contribution in [3.8, 4) is 11.1 Å². The Labute approximate surface area is 699 Å². The number of hydrogen-bond acceptors (Lipinski definition) is 7. The molecular weight excluding hydrogens is 1470 g/mol. The lowest BCUT2D eigenvalue weighted by molar-refractivity contribution is 0.650. The van der Waals surface area contributed by atoms with Gasteiger partial charge in [0.15, 0.2) is 0 Å². The summed E-state index contributed by atoms with van der Waals surface area (Å²) < 4.78 is 26.1. The van der Waals surface area contributed by atoms with Gasteiger partial charge < -0.3 is 31.5 Å². The molecule has 10 heterocycles. The molecule has 24 rings (SSSR count). The summed E-state index contributed by atoms with van der Waals surface area (Å²) in [6, 6.07) is 105. The van der Waals surface area contributed by atoms with Gasteiger partial charge in [-0.15, -0.1) is 0 Å². The second-order valence-electron chi connectivity index (χ2n) is 32.6. The highest BCUT2D eigenvalue weighted by molar-refractivity contribution is 6.12. The van der Waals surface area contributed by atoms with E-state index in [-0.39, 0.29) is 5.41 Å². The zero-order chi connectivity index (χ0) is 83.4. The molecule has 0 saturated heterocycles. The molecule has 0 saturated carbocycles. The summed E-state index contributed by atoms with van der Waals surface area (Å²) in [5, 5.41) is 17.3. The number of furan rings is 3. The Morgan fingerprint density at radius 2 is 0.600 bits per heavy atom. The third-order valence-corrected chi connectivity index (χ3v) is 23.6. The fraction of sp³-hybridized carbons (Fsp3) is 0.156. The Morgan fingerprint density at radius 3 is 1.12 bits per heavy atom. The van der Waals surface area contributed by atoms with E-state index in [1.807, 2.05) is 64.2 Å². The van der Waals surface area contributed by atoms with Crippen LogP contribution in [0.4, 0.5) is 0 Å². The van der Waals surface area contributed by atoms with Crippen LogP contribution >= 0.6 is 0 Å². The van der Waals surface area contributed by atoms with Crippen molar-refractivity contribution in [1.82, 2.24) is 38.2 Å². The minimum atomic E-state index is 0.151. The number of fused-ring (bicyclic) bond motifs is 24. The van der Waals surface area contributed by atoms with Crippen molar-refractivity contribution in [3.63, 3.8) is 0 Å². The molecule has 1 aliphatic carbocycles. The van der Waals surface area contributed by atoms with Gasteiger partial charge in [0, 0.05) is 160 Å². The summed E-state index contributed by atoms with van der Waals surface area (Å²) in [6.07, 6.45) is 1.82. The smallest absolute Gasteiger partial charge is 0.230 e. The van der Waals surface area contributed by atoms with Gasteiger partial charge in [0.2, 0.25) is 17.1 Å². The molecule has 0 bridgehead atoms. The molecule has 13 aromatic carbocycles. The largest absolute Gasteiger partial charge is 0.438 e. The maximum Gasteiger partial charge on any atom is 0.230 e. The summed E-state index contributed by atoms with van der Waals surface area (Å²) in [5.74, 6) is 0.735. The summed E-state index contributed by atoms with van der Waals surface area (Å²) in [6.45, 7) is 25.2. The van der Waals surface area contributed by atoms with Crippen molar-refractivity contribution in [2.45, 2.75) is 88.5 Å². The highest BCUT2D eigenvalue weighted by Gasteiger charge is 2.35. The van der Waals surface area contributed by atoms with Crippen LogP contribution in [-0.4, -0.2) is 38.2 Å². The molecule has 592 valence electrons. The topological polar surface area (TPSA) is 111 Å². The number of para-hydroxylation sites is 6. The van der Waals surface area contributed by atoms with Crippen LogP contribution in [0.3, 0.4) is 0 Å². The Balaban J connectivity index is 0.0000000979. The highest BCUT2D eigenvalue weighted by Crippen LogP contribution is 2.49. The van der Waals surface area contributed by atoms with E-state index in [1.165, 1.54) is 148 Å². The Bertz CT molecular complexity index is 7320. The zero-order valence-electron chi connectivity index (χ0n) is 71.2. The van der Waals surface area contributed by atoms with Crippen molar-refractivity contribution in [2.24, 2.45) is 28.2 Å². The molecule has 0 amide bonds. The van der Waals surface area contributed by atoms with Gasteiger partial charge in [-0.3, -0.25) is 0 Å². The summed E-state index contributed by atoms with van der Waals surface area (Å²) in [4.78, 5) is 17.2. The number of aromatic nitrogens is 8. The summed E-state index contributed by atoms with van der Waals surface area (Å²) in [5.41, 5.74) is 32.1. The van der Waals surface area contributed by atoms with Crippen LogP contribution in [0.5, 0.6) is 0 Å². The first-order valence-corrected chi connectivity index (χ1v) is 41.1. The SMILES string of the molecule is Cc1ccc2c(c1)C(C)(C)c1ccccc1-2.Cc1ccc2c(c1)c1ccccc1n2C.Cc1ccc2c(c1)oc1nc(C)ccc12.Cc1ccc2c(c1)oc1nc(C)ccc12.Cc1ccc2c(c1)oc1nc(C)ncc12.Cc1ccc2c3ccccc3n(C)c2c1.Cc1cccc2c3ccccc3n(C)c12.Cn1c2ccccc2c2ccccc21. The normalized spacial score (nSPS) is 11.9. The van der Waals surface area contributed by atoms with Gasteiger partial charge in [0.1, 0.15) is 22.6 Å². The van der Waals surface area contributed by atoms with Gasteiger partial charge in [-0.1, -0.05) is 231 Å². The molecule has 0 aliphatic heterocycles. The van der Waals surface area contributed by atoms with Crippen molar-refractivity contribution in [2.75, 3.05) is 0 Å². The fourth-order valence-corrected chi connectivity index (χ4v) is 17.4. The average molecular weight is 1570 g/mol. The van der Waals surface area contributed by atoms with E-state index in [4.69, 9.17) is 13.3 Å². The van der Waals surface area contributed by atoms with Crippen LogP contribution in [-0.2, 0) is 33.6 Å². The van der Waals surface area contributed by atoms with Crippen molar-refractivity contribution in [3.05, 3.63) is 371 Å². The van der Waals surface area contributed by atoms with Crippen LogP contribution in [0.25, 0.3) is 165 Å². The molecular formula is C109H98N8O3. The molecule has 0 radical (unpaired) electrons. The fourth-order valence-electron chi connectivity index (χ4n) is 17.4. The molecule has 0 unspecified atom stereocenters. The van der Waals surface area contributed by atoms with E-state index in [9.17, 15) is 0 Å². The van der Waals surface area contributed by atoms with Gasteiger partial charge >= 0.3 is 0 Å². The predicted octanol–water partition coefficient (Wildman–Crippen LogP) is 28.7. The Morgan fingerprint density at radius 1 is 0.250 bits per heavy atom. The van der Waals surface area contributed by atoms with Crippen molar-refractivity contribution >= 4 is 153 Å². The zero-order valence-corrected chi connectivity index (χ0v) is 71.2. The van der Waals surface area contributed by atoms with E-state index in [0.717, 1.165) is 77.7 Å². The third-order valence-electron chi connectivity index (χ3n) is 23.6.